The smallest absolute Gasteiger partial charge is 0.191 e. The van der Waals surface area contributed by atoms with Gasteiger partial charge < -0.3 is 15.4 Å². The van der Waals surface area contributed by atoms with Gasteiger partial charge in [0.25, 0.3) is 0 Å². The number of ether oxygens (including phenoxy) is 1. The number of rotatable bonds is 6. The average Bonchev–Trinajstić information content (AvgIpc) is 3.08. The quantitative estimate of drug-likeness (QED) is 0.290. The molecule has 2 N–H and O–H groups in total. The maximum atomic E-state index is 5.82. The number of aliphatic imine (C=N–C) groups is 1. The van der Waals surface area contributed by atoms with E-state index in [1.807, 2.05) is 7.05 Å². The molecule has 0 amide bonds. The van der Waals surface area contributed by atoms with E-state index >= 15 is 0 Å². The van der Waals surface area contributed by atoms with Gasteiger partial charge in [-0.25, -0.2) is 0 Å². The number of hydrogen-bond acceptors (Lipinski definition) is 3. The molecule has 1 atom stereocenters. The molecule has 0 spiro atoms. The van der Waals surface area contributed by atoms with Crippen LogP contribution in [0.1, 0.15) is 37.3 Å². The summed E-state index contributed by atoms with van der Waals surface area (Å²) in [6.45, 7) is 8.18. The van der Waals surface area contributed by atoms with Gasteiger partial charge in [0.1, 0.15) is 0 Å². The standard InChI is InChI=1S/C20H32N4O.HI/c1-20(10-5-14-25-20)16-23-19(21-2)22-11-6-12-24-13-9-17-7-3-4-8-18(17)15-24;/h3-4,7-8H,5-6,9-16H2,1-2H3,(H2,21,22,23);1H. The van der Waals surface area contributed by atoms with Gasteiger partial charge in [-0.15, -0.1) is 24.0 Å². The molecule has 5 nitrogen and oxygen atoms in total. The predicted molar refractivity (Wildman–Crippen MR) is 118 cm³/mol. The first kappa shape index (κ1) is 21.4. The maximum Gasteiger partial charge on any atom is 0.191 e. The van der Waals surface area contributed by atoms with Crippen molar-refractivity contribution in [3.63, 3.8) is 0 Å². The lowest BCUT2D eigenvalue weighted by Crippen LogP contribution is -2.46. The predicted octanol–water partition coefficient (Wildman–Crippen LogP) is 2.79. The van der Waals surface area contributed by atoms with Gasteiger partial charge in [-0.05, 0) is 43.7 Å². The van der Waals surface area contributed by atoms with Crippen molar-refractivity contribution in [1.29, 1.82) is 0 Å². The van der Waals surface area contributed by atoms with Crippen molar-refractivity contribution < 1.29 is 4.74 Å². The SMILES string of the molecule is CN=C(NCCCN1CCc2ccccc2C1)NCC1(C)CCCO1.I. The van der Waals surface area contributed by atoms with Gasteiger partial charge in [-0.2, -0.15) is 0 Å². The lowest BCUT2D eigenvalue weighted by molar-refractivity contribution is 0.0243. The van der Waals surface area contributed by atoms with Crippen LogP contribution in [-0.2, 0) is 17.7 Å². The molecule has 1 unspecified atom stereocenters. The summed E-state index contributed by atoms with van der Waals surface area (Å²) < 4.78 is 5.82. The van der Waals surface area contributed by atoms with Gasteiger partial charge in [-0.3, -0.25) is 9.89 Å². The maximum absolute atomic E-state index is 5.82. The minimum atomic E-state index is -0.0428. The third-order valence-electron chi connectivity index (χ3n) is 5.31. The largest absolute Gasteiger partial charge is 0.373 e. The van der Waals surface area contributed by atoms with Crippen molar-refractivity contribution in [3.8, 4) is 0 Å². The van der Waals surface area contributed by atoms with Crippen LogP contribution in [0.15, 0.2) is 29.3 Å². The molecular formula is C20H33IN4O. The summed E-state index contributed by atoms with van der Waals surface area (Å²) in [4.78, 5) is 6.87. The van der Waals surface area contributed by atoms with E-state index in [2.05, 4.69) is 51.7 Å². The lowest BCUT2D eigenvalue weighted by atomic mass is 10.00. The highest BCUT2D eigenvalue weighted by molar-refractivity contribution is 14.0. The Morgan fingerprint density at radius 3 is 2.81 bits per heavy atom. The molecule has 0 aliphatic carbocycles. The number of hydrogen-bond donors (Lipinski definition) is 2. The van der Waals surface area contributed by atoms with Crippen LogP contribution in [0.25, 0.3) is 0 Å². The molecule has 1 fully saturated rings. The zero-order valence-corrected chi connectivity index (χ0v) is 18.4. The second kappa shape index (κ2) is 10.5. The van der Waals surface area contributed by atoms with Crippen LogP contribution in [0.5, 0.6) is 0 Å². The molecule has 6 heteroatoms. The van der Waals surface area contributed by atoms with E-state index in [1.165, 1.54) is 24.1 Å². The molecule has 0 saturated carbocycles. The van der Waals surface area contributed by atoms with Gasteiger partial charge in [0, 0.05) is 46.4 Å². The van der Waals surface area contributed by atoms with Crippen molar-refractivity contribution in [2.75, 3.05) is 39.8 Å². The summed E-state index contributed by atoms with van der Waals surface area (Å²) in [5.41, 5.74) is 2.96. The molecule has 26 heavy (non-hydrogen) atoms. The summed E-state index contributed by atoms with van der Waals surface area (Å²) in [5, 5.41) is 6.83. The number of nitrogens with one attached hydrogen (secondary N) is 2. The third-order valence-corrected chi connectivity index (χ3v) is 5.31. The Morgan fingerprint density at radius 2 is 2.08 bits per heavy atom. The third kappa shape index (κ3) is 6.09. The van der Waals surface area contributed by atoms with E-state index in [9.17, 15) is 0 Å². The summed E-state index contributed by atoms with van der Waals surface area (Å²) in [7, 11) is 1.83. The van der Waals surface area contributed by atoms with Crippen molar-refractivity contribution in [3.05, 3.63) is 35.4 Å². The molecule has 2 aliphatic rings. The van der Waals surface area contributed by atoms with Crippen LogP contribution in [-0.4, -0.2) is 56.3 Å². The van der Waals surface area contributed by atoms with Gasteiger partial charge in [0.05, 0.1) is 5.60 Å². The minimum absolute atomic E-state index is 0. The molecule has 2 heterocycles. The Hall–Kier alpha value is -0.860. The van der Waals surface area contributed by atoms with E-state index in [4.69, 9.17) is 4.74 Å². The Balaban J connectivity index is 0.00000243. The Kier molecular flexibility index (Phi) is 8.63. The van der Waals surface area contributed by atoms with E-state index in [0.29, 0.717) is 0 Å². The molecule has 1 aromatic carbocycles. The first-order chi connectivity index (χ1) is 12.2. The molecule has 1 aromatic rings. The summed E-state index contributed by atoms with van der Waals surface area (Å²) >= 11 is 0. The van der Waals surface area contributed by atoms with E-state index in [1.54, 1.807) is 0 Å². The highest BCUT2D eigenvalue weighted by Gasteiger charge is 2.29. The van der Waals surface area contributed by atoms with Crippen LogP contribution in [0.3, 0.4) is 0 Å². The fraction of sp³-hybridized carbons (Fsp3) is 0.650. The molecule has 1 saturated heterocycles. The highest BCUT2D eigenvalue weighted by atomic mass is 127. The number of nitrogens with zero attached hydrogens (tertiary/aromatic N) is 2. The fourth-order valence-electron chi connectivity index (χ4n) is 3.72. The van der Waals surface area contributed by atoms with E-state index < -0.39 is 0 Å². The second-order valence-electron chi connectivity index (χ2n) is 7.40. The first-order valence-corrected chi connectivity index (χ1v) is 9.56. The molecule has 0 radical (unpaired) electrons. The van der Waals surface area contributed by atoms with Crippen LogP contribution in [0.2, 0.25) is 0 Å². The first-order valence-electron chi connectivity index (χ1n) is 9.56. The monoisotopic (exact) mass is 472 g/mol. The molecule has 3 rings (SSSR count). The van der Waals surface area contributed by atoms with Gasteiger partial charge in [0.15, 0.2) is 5.96 Å². The Labute approximate surface area is 175 Å². The Bertz CT molecular complexity index is 587. The van der Waals surface area contributed by atoms with Crippen molar-refractivity contribution in [2.24, 2.45) is 4.99 Å². The van der Waals surface area contributed by atoms with Crippen LogP contribution in [0.4, 0.5) is 0 Å². The van der Waals surface area contributed by atoms with Crippen molar-refractivity contribution in [1.82, 2.24) is 15.5 Å². The number of halogens is 1. The van der Waals surface area contributed by atoms with Crippen LogP contribution >= 0.6 is 24.0 Å². The summed E-state index contributed by atoms with van der Waals surface area (Å²) in [6.07, 6.45) is 4.57. The zero-order valence-electron chi connectivity index (χ0n) is 16.1. The molecule has 146 valence electrons. The molecule has 2 aliphatic heterocycles. The van der Waals surface area contributed by atoms with Gasteiger partial charge >= 0.3 is 0 Å². The summed E-state index contributed by atoms with van der Waals surface area (Å²) in [6, 6.07) is 8.82. The number of guanidine groups is 1. The molecule has 0 aromatic heterocycles. The van der Waals surface area contributed by atoms with Crippen LogP contribution < -0.4 is 10.6 Å². The van der Waals surface area contributed by atoms with Crippen molar-refractivity contribution >= 4 is 29.9 Å². The molecule has 0 bridgehead atoms. The van der Waals surface area contributed by atoms with Gasteiger partial charge in [0.2, 0.25) is 0 Å². The van der Waals surface area contributed by atoms with E-state index in [-0.39, 0.29) is 29.6 Å². The number of fused-ring (bicyclic) bond motifs is 1. The average molecular weight is 472 g/mol. The normalized spacial score (nSPS) is 23.2. The number of benzene rings is 1. The topological polar surface area (TPSA) is 48.9 Å². The fourth-order valence-corrected chi connectivity index (χ4v) is 3.72. The minimum Gasteiger partial charge on any atom is -0.373 e. The van der Waals surface area contributed by atoms with E-state index in [0.717, 1.165) is 58.0 Å². The van der Waals surface area contributed by atoms with Gasteiger partial charge in [-0.1, -0.05) is 24.3 Å². The lowest BCUT2D eigenvalue weighted by Gasteiger charge is -2.29. The van der Waals surface area contributed by atoms with Crippen molar-refractivity contribution in [2.45, 2.75) is 44.8 Å². The zero-order chi connectivity index (χ0) is 17.5. The second-order valence-corrected chi connectivity index (χ2v) is 7.40. The summed E-state index contributed by atoms with van der Waals surface area (Å²) in [5.74, 6) is 0.876. The Morgan fingerprint density at radius 1 is 1.27 bits per heavy atom. The highest BCUT2D eigenvalue weighted by Crippen LogP contribution is 2.23. The molecular weight excluding hydrogens is 439 g/mol. The van der Waals surface area contributed by atoms with Crippen LogP contribution in [0, 0.1) is 0 Å².